The van der Waals surface area contributed by atoms with Gasteiger partial charge in [-0.05, 0) is 43.9 Å². The van der Waals surface area contributed by atoms with Gasteiger partial charge in [-0.1, -0.05) is 12.1 Å². The van der Waals surface area contributed by atoms with Crippen molar-refractivity contribution >= 4 is 10.9 Å². The Bertz CT molecular complexity index is 726. The first-order valence-electron chi connectivity index (χ1n) is 6.56. The van der Waals surface area contributed by atoms with E-state index in [0.717, 1.165) is 5.56 Å². The normalized spacial score (nSPS) is 12.2. The van der Waals surface area contributed by atoms with E-state index in [9.17, 15) is 0 Å². The summed E-state index contributed by atoms with van der Waals surface area (Å²) in [4.78, 5) is 0. The Kier molecular flexibility index (Phi) is 2.52. The molecule has 0 saturated heterocycles. The van der Waals surface area contributed by atoms with Crippen molar-refractivity contribution in [1.29, 1.82) is 0 Å². The summed E-state index contributed by atoms with van der Waals surface area (Å²) in [6, 6.07) is 8.76. The van der Waals surface area contributed by atoms with Crippen LogP contribution in [0.2, 0.25) is 0 Å². The maximum absolute atomic E-state index is 4.24. The second-order valence-corrected chi connectivity index (χ2v) is 6.03. The lowest BCUT2D eigenvalue weighted by Gasteiger charge is -2.22. The van der Waals surface area contributed by atoms with Gasteiger partial charge in [-0.3, -0.25) is 4.68 Å². The molecule has 0 aliphatic heterocycles. The van der Waals surface area contributed by atoms with Crippen LogP contribution in [0, 0.1) is 0 Å². The molecule has 0 atom stereocenters. The molecule has 0 unspecified atom stereocenters. The number of fused-ring (bicyclic) bond motifs is 1. The Balaban J connectivity index is 2.19. The number of aryl methyl sites for hydroxylation is 1. The molecule has 0 bridgehead atoms. The van der Waals surface area contributed by atoms with Gasteiger partial charge in [-0.25, -0.2) is 0 Å². The predicted molar refractivity (Wildman–Crippen MR) is 79.1 cm³/mol. The smallest absolute Gasteiger partial charge is 0.0568 e. The van der Waals surface area contributed by atoms with E-state index in [1.54, 1.807) is 0 Å². The molecule has 0 spiro atoms. The maximum atomic E-state index is 4.24. The van der Waals surface area contributed by atoms with Crippen molar-refractivity contribution in [3.63, 3.8) is 0 Å². The molecule has 98 valence electrons. The lowest BCUT2D eigenvalue weighted by atomic mass is 10.1. The third-order valence-corrected chi connectivity index (χ3v) is 3.45. The summed E-state index contributed by atoms with van der Waals surface area (Å²) < 4.78 is 4.16. The standard InChI is InChI=1S/C16H19N3/c1-16(2,3)19-8-7-12-5-6-13(9-15(12)19)14-10-17-18(4)11-14/h5-11H,1-4H3. The van der Waals surface area contributed by atoms with E-state index in [-0.39, 0.29) is 5.54 Å². The quantitative estimate of drug-likeness (QED) is 0.647. The van der Waals surface area contributed by atoms with E-state index >= 15 is 0 Å². The second kappa shape index (κ2) is 3.98. The third-order valence-electron chi connectivity index (χ3n) is 3.45. The summed E-state index contributed by atoms with van der Waals surface area (Å²) in [7, 11) is 1.94. The molecule has 0 N–H and O–H groups in total. The van der Waals surface area contributed by atoms with Gasteiger partial charge in [-0.2, -0.15) is 5.10 Å². The highest BCUT2D eigenvalue weighted by atomic mass is 15.2. The maximum Gasteiger partial charge on any atom is 0.0568 e. The van der Waals surface area contributed by atoms with Crippen LogP contribution in [-0.4, -0.2) is 14.3 Å². The fourth-order valence-electron chi connectivity index (χ4n) is 2.46. The minimum atomic E-state index is 0.0926. The molecule has 3 nitrogen and oxygen atoms in total. The zero-order valence-electron chi connectivity index (χ0n) is 11.9. The fourth-order valence-corrected chi connectivity index (χ4v) is 2.46. The van der Waals surface area contributed by atoms with Crippen LogP contribution in [0.5, 0.6) is 0 Å². The van der Waals surface area contributed by atoms with Crippen LogP contribution in [0.15, 0.2) is 42.9 Å². The van der Waals surface area contributed by atoms with Gasteiger partial charge in [0.2, 0.25) is 0 Å². The summed E-state index contributed by atoms with van der Waals surface area (Å²) in [5, 5.41) is 5.52. The largest absolute Gasteiger partial charge is 0.342 e. The second-order valence-electron chi connectivity index (χ2n) is 6.03. The van der Waals surface area contributed by atoms with E-state index < -0.39 is 0 Å². The Morgan fingerprint density at radius 2 is 1.84 bits per heavy atom. The van der Waals surface area contributed by atoms with Crippen LogP contribution in [0.25, 0.3) is 22.0 Å². The molecular formula is C16H19N3. The number of benzene rings is 1. The molecule has 2 aromatic heterocycles. The fraction of sp³-hybridized carbons (Fsp3) is 0.312. The summed E-state index contributed by atoms with van der Waals surface area (Å²) in [6.45, 7) is 6.68. The zero-order valence-corrected chi connectivity index (χ0v) is 11.9. The van der Waals surface area contributed by atoms with Crippen LogP contribution in [0.1, 0.15) is 20.8 Å². The van der Waals surface area contributed by atoms with E-state index in [2.05, 4.69) is 60.9 Å². The SMILES string of the molecule is Cn1cc(-c2ccc3ccn(C(C)(C)C)c3c2)cn1. The van der Waals surface area contributed by atoms with Gasteiger partial charge in [0.15, 0.2) is 0 Å². The summed E-state index contributed by atoms with van der Waals surface area (Å²) in [5.74, 6) is 0. The van der Waals surface area contributed by atoms with Crippen LogP contribution < -0.4 is 0 Å². The van der Waals surface area contributed by atoms with Crippen LogP contribution in [0.3, 0.4) is 0 Å². The van der Waals surface area contributed by atoms with E-state index in [4.69, 9.17) is 0 Å². The van der Waals surface area contributed by atoms with Crippen molar-refractivity contribution in [2.24, 2.45) is 7.05 Å². The van der Waals surface area contributed by atoms with Crippen molar-refractivity contribution < 1.29 is 0 Å². The van der Waals surface area contributed by atoms with Crippen molar-refractivity contribution in [1.82, 2.24) is 14.3 Å². The number of aromatic nitrogens is 3. The van der Waals surface area contributed by atoms with Crippen molar-refractivity contribution in [2.75, 3.05) is 0 Å². The molecule has 0 aliphatic rings. The molecule has 0 fully saturated rings. The first kappa shape index (κ1) is 12.0. The highest BCUT2D eigenvalue weighted by molar-refractivity contribution is 5.85. The molecule has 0 saturated carbocycles. The molecule has 0 aliphatic carbocycles. The van der Waals surface area contributed by atoms with Crippen LogP contribution in [-0.2, 0) is 12.6 Å². The van der Waals surface area contributed by atoms with Crippen molar-refractivity contribution in [2.45, 2.75) is 26.3 Å². The van der Waals surface area contributed by atoms with Gasteiger partial charge in [0.25, 0.3) is 0 Å². The Morgan fingerprint density at radius 1 is 1.05 bits per heavy atom. The Hall–Kier alpha value is -2.03. The number of nitrogens with zero attached hydrogens (tertiary/aromatic N) is 3. The van der Waals surface area contributed by atoms with E-state index in [1.165, 1.54) is 16.5 Å². The molecule has 0 radical (unpaired) electrons. The first-order valence-corrected chi connectivity index (χ1v) is 6.56. The minimum Gasteiger partial charge on any atom is -0.342 e. The zero-order chi connectivity index (χ0) is 13.6. The topological polar surface area (TPSA) is 22.8 Å². The highest BCUT2D eigenvalue weighted by Crippen LogP contribution is 2.28. The summed E-state index contributed by atoms with van der Waals surface area (Å²) >= 11 is 0. The lowest BCUT2D eigenvalue weighted by molar-refractivity contribution is 0.411. The molecule has 2 heterocycles. The van der Waals surface area contributed by atoms with Crippen LogP contribution >= 0.6 is 0 Å². The molecule has 1 aromatic carbocycles. The van der Waals surface area contributed by atoms with Gasteiger partial charge >= 0.3 is 0 Å². The predicted octanol–water partition coefficient (Wildman–Crippen LogP) is 3.80. The van der Waals surface area contributed by atoms with Gasteiger partial charge in [0.05, 0.1) is 6.20 Å². The Morgan fingerprint density at radius 3 is 2.47 bits per heavy atom. The van der Waals surface area contributed by atoms with Crippen LogP contribution in [0.4, 0.5) is 0 Å². The monoisotopic (exact) mass is 253 g/mol. The van der Waals surface area contributed by atoms with Crippen molar-refractivity contribution in [3.05, 3.63) is 42.9 Å². The molecule has 19 heavy (non-hydrogen) atoms. The van der Waals surface area contributed by atoms with Gasteiger partial charge < -0.3 is 4.57 Å². The van der Waals surface area contributed by atoms with E-state index in [0.29, 0.717) is 0 Å². The molecule has 3 aromatic rings. The highest BCUT2D eigenvalue weighted by Gasteiger charge is 2.15. The molecule has 3 heteroatoms. The van der Waals surface area contributed by atoms with Gasteiger partial charge in [0.1, 0.15) is 0 Å². The number of hydrogen-bond acceptors (Lipinski definition) is 1. The Labute approximate surface area is 113 Å². The molecule has 0 amide bonds. The number of hydrogen-bond donors (Lipinski definition) is 0. The average molecular weight is 253 g/mol. The third kappa shape index (κ3) is 2.05. The van der Waals surface area contributed by atoms with E-state index in [1.807, 2.05) is 24.1 Å². The average Bonchev–Trinajstić information content (AvgIpc) is 2.92. The molecular weight excluding hydrogens is 234 g/mol. The first-order chi connectivity index (χ1) is 8.95. The van der Waals surface area contributed by atoms with Gasteiger partial charge in [0, 0.05) is 36.1 Å². The van der Waals surface area contributed by atoms with Crippen molar-refractivity contribution in [3.8, 4) is 11.1 Å². The minimum absolute atomic E-state index is 0.0926. The summed E-state index contributed by atoms with van der Waals surface area (Å²) in [5.41, 5.74) is 3.74. The lowest BCUT2D eigenvalue weighted by Crippen LogP contribution is -2.20. The summed E-state index contributed by atoms with van der Waals surface area (Å²) in [6.07, 6.45) is 6.12. The van der Waals surface area contributed by atoms with Gasteiger partial charge in [-0.15, -0.1) is 0 Å². The number of rotatable bonds is 1. The molecule has 3 rings (SSSR count).